The summed E-state index contributed by atoms with van der Waals surface area (Å²) in [5.74, 6) is -1.19. The van der Waals surface area contributed by atoms with Gasteiger partial charge in [-0.25, -0.2) is 4.98 Å². The first-order valence-electron chi connectivity index (χ1n) is 11.8. The number of pyridine rings is 1. The van der Waals surface area contributed by atoms with Crippen LogP contribution in [0.15, 0.2) is 54.9 Å². The lowest BCUT2D eigenvalue weighted by Crippen LogP contribution is -2.69. The minimum atomic E-state index is -0.941. The molecule has 3 amide bonds. The summed E-state index contributed by atoms with van der Waals surface area (Å²) < 4.78 is 1.59. The van der Waals surface area contributed by atoms with Crippen molar-refractivity contribution in [1.82, 2.24) is 19.7 Å². The molecule has 36 heavy (non-hydrogen) atoms. The maximum atomic E-state index is 13.6. The third-order valence-corrected chi connectivity index (χ3v) is 6.88. The molecule has 1 saturated heterocycles. The van der Waals surface area contributed by atoms with E-state index >= 15 is 0 Å². The van der Waals surface area contributed by atoms with E-state index < -0.39 is 12.0 Å². The fourth-order valence-electron chi connectivity index (χ4n) is 4.64. The first-order valence-corrected chi connectivity index (χ1v) is 12.2. The quantitative estimate of drug-likeness (QED) is 0.467. The van der Waals surface area contributed by atoms with Gasteiger partial charge in [0.1, 0.15) is 11.9 Å². The molecule has 4 rings (SSSR count). The highest BCUT2D eigenvalue weighted by Crippen LogP contribution is 2.35. The molecule has 0 bridgehead atoms. The molecule has 2 N–H and O–H groups in total. The summed E-state index contributed by atoms with van der Waals surface area (Å²) in [7, 11) is 3.35. The minimum absolute atomic E-state index is 0.0919. The van der Waals surface area contributed by atoms with Gasteiger partial charge in [0.05, 0.1) is 5.92 Å². The molecule has 2 aromatic heterocycles. The van der Waals surface area contributed by atoms with Crippen LogP contribution >= 0.6 is 11.6 Å². The smallest absolute Gasteiger partial charge is 0.252 e. The summed E-state index contributed by atoms with van der Waals surface area (Å²) in [5, 5.41) is 4.87. The molecule has 3 aromatic rings. The van der Waals surface area contributed by atoms with Gasteiger partial charge in [-0.1, -0.05) is 30.7 Å². The Morgan fingerprint density at radius 1 is 1.22 bits per heavy atom. The molecule has 0 unspecified atom stereocenters. The van der Waals surface area contributed by atoms with Crippen LogP contribution in [0.5, 0.6) is 0 Å². The van der Waals surface area contributed by atoms with Crippen LogP contribution in [0.2, 0.25) is 5.02 Å². The molecule has 0 radical (unpaired) electrons. The van der Waals surface area contributed by atoms with Crippen molar-refractivity contribution < 1.29 is 14.4 Å². The summed E-state index contributed by atoms with van der Waals surface area (Å²) in [4.78, 5) is 46.8. The highest BCUT2D eigenvalue weighted by Gasteiger charge is 2.55. The number of hydrogen-bond acceptors (Lipinski definition) is 6. The molecule has 1 fully saturated rings. The van der Waals surface area contributed by atoms with Crippen LogP contribution in [0, 0.1) is 5.92 Å². The molecular formula is C26H29ClN6O3. The number of nitrogens with zero attached hydrogens (tertiary/aromatic N) is 5. The van der Waals surface area contributed by atoms with Crippen LogP contribution in [0.1, 0.15) is 36.8 Å². The number of nitrogen functional groups attached to an aromatic ring is 1. The molecular weight excluding hydrogens is 480 g/mol. The van der Waals surface area contributed by atoms with Gasteiger partial charge in [-0.2, -0.15) is 5.10 Å². The molecule has 9 nitrogen and oxygen atoms in total. The molecule has 3 heterocycles. The fraction of sp³-hybridized carbons (Fsp3) is 0.346. The molecule has 1 aliphatic heterocycles. The average Bonchev–Trinajstić information content (AvgIpc) is 3.29. The van der Waals surface area contributed by atoms with Crippen molar-refractivity contribution >= 4 is 41.0 Å². The number of aryl methyl sites for hydroxylation is 1. The van der Waals surface area contributed by atoms with Crippen molar-refractivity contribution in [3.05, 3.63) is 71.0 Å². The van der Waals surface area contributed by atoms with Crippen LogP contribution < -0.4 is 10.6 Å². The largest absolute Gasteiger partial charge is 0.384 e. The van der Waals surface area contributed by atoms with E-state index in [4.69, 9.17) is 17.3 Å². The van der Waals surface area contributed by atoms with Crippen molar-refractivity contribution in [2.75, 3.05) is 17.7 Å². The van der Waals surface area contributed by atoms with E-state index in [0.717, 1.165) is 16.0 Å². The molecule has 0 aliphatic carbocycles. The molecule has 10 heteroatoms. The Hall–Kier alpha value is -3.72. The molecule has 0 saturated carbocycles. The van der Waals surface area contributed by atoms with Crippen molar-refractivity contribution in [3.8, 4) is 0 Å². The molecule has 0 spiro atoms. The molecule has 3 atom stereocenters. The fourth-order valence-corrected chi connectivity index (χ4v) is 4.84. The Labute approximate surface area is 214 Å². The number of aromatic nitrogens is 3. The van der Waals surface area contributed by atoms with Crippen LogP contribution in [0.4, 0.5) is 11.6 Å². The second-order valence-corrected chi connectivity index (χ2v) is 9.49. The first kappa shape index (κ1) is 25.4. The van der Waals surface area contributed by atoms with Gasteiger partial charge >= 0.3 is 0 Å². The van der Waals surface area contributed by atoms with E-state index in [0.29, 0.717) is 23.1 Å². The maximum absolute atomic E-state index is 13.6. The Morgan fingerprint density at radius 3 is 2.64 bits per heavy atom. The van der Waals surface area contributed by atoms with E-state index in [-0.39, 0.29) is 36.5 Å². The summed E-state index contributed by atoms with van der Waals surface area (Å²) in [6.45, 7) is 1.98. The van der Waals surface area contributed by atoms with E-state index in [1.54, 1.807) is 55.4 Å². The Bertz CT molecular complexity index is 1290. The van der Waals surface area contributed by atoms with Gasteiger partial charge in [-0.3, -0.25) is 28.9 Å². The van der Waals surface area contributed by atoms with Crippen LogP contribution in [0.25, 0.3) is 0 Å². The zero-order valence-corrected chi connectivity index (χ0v) is 21.2. The van der Waals surface area contributed by atoms with Gasteiger partial charge in [0.25, 0.3) is 5.91 Å². The highest BCUT2D eigenvalue weighted by molar-refractivity contribution is 6.30. The minimum Gasteiger partial charge on any atom is -0.384 e. The summed E-state index contributed by atoms with van der Waals surface area (Å²) in [6, 6.07) is 11.5. The number of likely N-dealkylation sites (N-methyl/N-ethyl adjacent to an activating group) is 1. The number of imide groups is 1. The number of likely N-dealkylation sites (tertiary alicyclic amines) is 1. The number of carbonyl (C=O) groups is 3. The normalized spacial score (nSPS) is 18.0. The third-order valence-electron chi connectivity index (χ3n) is 6.64. The molecule has 188 valence electrons. The zero-order valence-electron chi connectivity index (χ0n) is 20.5. The number of carbonyl (C=O) groups excluding carboxylic acids is 3. The van der Waals surface area contributed by atoms with Crippen molar-refractivity contribution in [3.63, 3.8) is 0 Å². The van der Waals surface area contributed by atoms with Crippen molar-refractivity contribution in [1.29, 1.82) is 0 Å². The van der Waals surface area contributed by atoms with Gasteiger partial charge in [0.2, 0.25) is 11.8 Å². The van der Waals surface area contributed by atoms with E-state index in [9.17, 15) is 14.4 Å². The number of anilines is 2. The zero-order chi connectivity index (χ0) is 26.0. The summed E-state index contributed by atoms with van der Waals surface area (Å²) in [6.07, 6.45) is 4.33. The lowest BCUT2D eigenvalue weighted by Gasteiger charge is -2.46. The third kappa shape index (κ3) is 5.11. The van der Waals surface area contributed by atoms with Gasteiger partial charge in [0, 0.05) is 44.0 Å². The predicted molar refractivity (Wildman–Crippen MR) is 137 cm³/mol. The Morgan fingerprint density at radius 2 is 2.00 bits per heavy atom. The Kier molecular flexibility index (Phi) is 7.40. The lowest BCUT2D eigenvalue weighted by atomic mass is 9.80. The number of halogens is 1. The Balaban J connectivity index is 1.60. The number of amides is 3. The lowest BCUT2D eigenvalue weighted by molar-refractivity contribution is -0.170. The van der Waals surface area contributed by atoms with E-state index in [1.165, 1.54) is 4.90 Å². The summed E-state index contributed by atoms with van der Waals surface area (Å²) in [5.41, 5.74) is 7.50. The number of β-lactam (4-membered cyclic amide) rings is 1. The first-order chi connectivity index (χ1) is 17.2. The van der Waals surface area contributed by atoms with Gasteiger partial charge in [0.15, 0.2) is 5.82 Å². The van der Waals surface area contributed by atoms with Gasteiger partial charge in [-0.05, 0) is 54.2 Å². The highest BCUT2D eigenvalue weighted by atomic mass is 35.5. The van der Waals surface area contributed by atoms with Crippen molar-refractivity contribution in [2.45, 2.75) is 38.1 Å². The monoisotopic (exact) mass is 508 g/mol. The molecule has 1 aliphatic rings. The van der Waals surface area contributed by atoms with Gasteiger partial charge in [-0.15, -0.1) is 0 Å². The average molecular weight is 509 g/mol. The molecule has 1 aromatic carbocycles. The number of hydrogen-bond donors (Lipinski definition) is 1. The second kappa shape index (κ2) is 10.5. The van der Waals surface area contributed by atoms with E-state index in [2.05, 4.69) is 10.1 Å². The van der Waals surface area contributed by atoms with Crippen LogP contribution in [0.3, 0.4) is 0 Å². The maximum Gasteiger partial charge on any atom is 0.252 e. The SMILES string of the molecule is CC[C@@H](CC(=O)N1C(=O)[C@H](Cc2ccnc(N)c2)[C@H]1C(=O)N(C)c1ccn(C)n1)c1cccc(Cl)c1. The second-order valence-electron chi connectivity index (χ2n) is 9.06. The van der Waals surface area contributed by atoms with Crippen LogP contribution in [-0.4, -0.2) is 50.5 Å². The van der Waals surface area contributed by atoms with Crippen LogP contribution in [-0.2, 0) is 27.9 Å². The number of nitrogens with two attached hydrogens (primary N) is 1. The standard InChI is InChI=1S/C26H29ClN6O3/c1-4-17(18-6-5-7-19(27)14-18)15-23(34)33-24(26(36)32(3)22-9-11-31(2)30-22)20(25(33)35)12-16-8-10-29-21(28)13-16/h5-11,13-14,17,20,24H,4,12,15H2,1-3H3,(H2,28,29)/t17-,20+,24-/m0/s1. The van der Waals surface area contributed by atoms with Crippen molar-refractivity contribution in [2.24, 2.45) is 13.0 Å². The topological polar surface area (TPSA) is 114 Å². The van der Waals surface area contributed by atoms with Gasteiger partial charge < -0.3 is 5.73 Å². The number of rotatable bonds is 8. The van der Waals surface area contributed by atoms with E-state index in [1.807, 2.05) is 25.1 Å². The predicted octanol–water partition coefficient (Wildman–Crippen LogP) is 3.19. The summed E-state index contributed by atoms with van der Waals surface area (Å²) >= 11 is 6.15. The number of benzene rings is 1.